The third kappa shape index (κ3) is 1.12. The first-order valence-electron chi connectivity index (χ1n) is 3.10. The average molecular weight is 141 g/mol. The van der Waals surface area contributed by atoms with E-state index in [9.17, 15) is 4.39 Å². The minimum atomic E-state index is -0.387. The number of nitrogens with zero attached hydrogens (tertiary/aromatic N) is 2. The lowest BCUT2D eigenvalue weighted by Gasteiger charge is -1.94. The summed E-state index contributed by atoms with van der Waals surface area (Å²) >= 11 is 0. The predicted octanol–water partition coefficient (Wildman–Crippen LogP) is 0.662. The maximum absolute atomic E-state index is 12.7. The second kappa shape index (κ2) is 2.33. The van der Waals surface area contributed by atoms with Crippen LogP contribution in [0.1, 0.15) is 11.4 Å². The first kappa shape index (κ1) is 7.12. The van der Waals surface area contributed by atoms with Gasteiger partial charge in [-0.05, 0) is 6.92 Å². The van der Waals surface area contributed by atoms with E-state index in [1.807, 2.05) is 0 Å². The normalized spacial score (nSPS) is 10.0. The van der Waals surface area contributed by atoms with E-state index in [0.717, 1.165) is 0 Å². The van der Waals surface area contributed by atoms with E-state index < -0.39 is 0 Å². The van der Waals surface area contributed by atoms with Crippen molar-refractivity contribution < 1.29 is 8.96 Å². The van der Waals surface area contributed by atoms with Gasteiger partial charge in [0.2, 0.25) is 5.69 Å². The molecule has 0 aromatic carbocycles. The molecule has 0 aliphatic carbocycles. The van der Waals surface area contributed by atoms with E-state index in [0.29, 0.717) is 11.4 Å². The molecule has 0 saturated carbocycles. The average Bonchev–Trinajstić information content (AvgIpc) is 1.82. The molecule has 1 rings (SSSR count). The van der Waals surface area contributed by atoms with Gasteiger partial charge in [0.15, 0.2) is 6.20 Å². The fourth-order valence-corrected chi connectivity index (χ4v) is 0.787. The van der Waals surface area contributed by atoms with E-state index in [1.165, 1.54) is 0 Å². The van der Waals surface area contributed by atoms with Gasteiger partial charge in [-0.2, -0.15) is 8.96 Å². The Morgan fingerprint density at radius 3 is 2.60 bits per heavy atom. The minimum absolute atomic E-state index is 0.387. The number of aryl methyl sites for hydroxylation is 2. The summed E-state index contributed by atoms with van der Waals surface area (Å²) < 4.78 is 14.4. The van der Waals surface area contributed by atoms with E-state index >= 15 is 0 Å². The molecule has 0 spiro atoms. The van der Waals surface area contributed by atoms with Crippen molar-refractivity contribution in [3.63, 3.8) is 0 Å². The van der Waals surface area contributed by atoms with Gasteiger partial charge < -0.3 is 0 Å². The lowest BCUT2D eigenvalue weighted by Crippen LogP contribution is -2.33. The SMILES string of the molecule is Cc1c[n+](C)c(C)c(F)n1. The highest BCUT2D eigenvalue weighted by molar-refractivity contribution is 4.93. The van der Waals surface area contributed by atoms with Crippen molar-refractivity contribution in [2.24, 2.45) is 7.05 Å². The maximum Gasteiger partial charge on any atom is 0.280 e. The number of hydrogen-bond donors (Lipinski definition) is 0. The summed E-state index contributed by atoms with van der Waals surface area (Å²) in [7, 11) is 1.80. The Morgan fingerprint density at radius 1 is 1.50 bits per heavy atom. The van der Waals surface area contributed by atoms with Gasteiger partial charge in [0.25, 0.3) is 5.95 Å². The van der Waals surface area contributed by atoms with Crippen molar-refractivity contribution in [2.75, 3.05) is 0 Å². The lowest BCUT2D eigenvalue weighted by molar-refractivity contribution is -0.680. The molecule has 1 aromatic heterocycles. The molecular weight excluding hydrogens is 131 g/mol. The topological polar surface area (TPSA) is 16.8 Å². The molecule has 0 N–H and O–H groups in total. The van der Waals surface area contributed by atoms with Gasteiger partial charge >= 0.3 is 0 Å². The van der Waals surface area contributed by atoms with E-state index in [-0.39, 0.29) is 5.95 Å². The Kier molecular flexibility index (Phi) is 1.66. The molecule has 0 aliphatic rings. The monoisotopic (exact) mass is 141 g/mol. The lowest BCUT2D eigenvalue weighted by atomic mass is 10.4. The molecule has 3 heteroatoms. The first-order valence-corrected chi connectivity index (χ1v) is 3.10. The Bertz CT molecular complexity index is 235. The minimum Gasteiger partial charge on any atom is -0.213 e. The molecular formula is C7H10FN2+. The first-order chi connectivity index (χ1) is 4.61. The molecule has 54 valence electrons. The van der Waals surface area contributed by atoms with Crippen molar-refractivity contribution in [3.8, 4) is 0 Å². The number of halogens is 1. The molecule has 0 saturated heterocycles. The molecule has 0 amide bonds. The molecule has 0 bridgehead atoms. The summed E-state index contributed by atoms with van der Waals surface area (Å²) in [6.45, 7) is 3.46. The van der Waals surface area contributed by atoms with Gasteiger partial charge in [-0.25, -0.2) is 4.98 Å². The van der Waals surface area contributed by atoms with Crippen LogP contribution < -0.4 is 4.57 Å². The zero-order valence-corrected chi connectivity index (χ0v) is 6.35. The molecule has 0 fully saturated rings. The van der Waals surface area contributed by atoms with Crippen LogP contribution in [-0.4, -0.2) is 4.98 Å². The highest BCUT2D eigenvalue weighted by Crippen LogP contribution is 1.95. The van der Waals surface area contributed by atoms with Gasteiger partial charge in [-0.1, -0.05) is 0 Å². The van der Waals surface area contributed by atoms with E-state index in [1.54, 1.807) is 31.7 Å². The quantitative estimate of drug-likeness (QED) is 0.485. The summed E-state index contributed by atoms with van der Waals surface area (Å²) in [5, 5.41) is 0. The van der Waals surface area contributed by atoms with E-state index in [2.05, 4.69) is 4.98 Å². The summed E-state index contributed by atoms with van der Waals surface area (Å²) in [5.74, 6) is -0.387. The highest BCUT2D eigenvalue weighted by atomic mass is 19.1. The molecule has 10 heavy (non-hydrogen) atoms. The number of rotatable bonds is 0. The third-order valence-electron chi connectivity index (χ3n) is 1.48. The fourth-order valence-electron chi connectivity index (χ4n) is 0.787. The van der Waals surface area contributed by atoms with Crippen LogP contribution in [0.5, 0.6) is 0 Å². The Labute approximate surface area is 59.3 Å². The zero-order chi connectivity index (χ0) is 7.72. The van der Waals surface area contributed by atoms with Gasteiger partial charge in [-0.3, -0.25) is 0 Å². The van der Waals surface area contributed by atoms with Gasteiger partial charge in [0.05, 0.1) is 0 Å². The maximum atomic E-state index is 12.7. The Balaban J connectivity index is 3.31. The molecule has 1 aromatic rings. The predicted molar refractivity (Wildman–Crippen MR) is 34.8 cm³/mol. The van der Waals surface area contributed by atoms with Crippen molar-refractivity contribution in [2.45, 2.75) is 13.8 Å². The van der Waals surface area contributed by atoms with Crippen molar-refractivity contribution in [1.29, 1.82) is 0 Å². The Morgan fingerprint density at radius 2 is 2.10 bits per heavy atom. The van der Waals surface area contributed by atoms with Crippen LogP contribution in [0.25, 0.3) is 0 Å². The molecule has 0 atom stereocenters. The molecule has 2 nitrogen and oxygen atoms in total. The van der Waals surface area contributed by atoms with Gasteiger partial charge in [0.1, 0.15) is 12.7 Å². The van der Waals surface area contributed by atoms with Crippen molar-refractivity contribution >= 4 is 0 Å². The summed E-state index contributed by atoms with van der Waals surface area (Å²) in [4.78, 5) is 3.65. The fraction of sp³-hybridized carbons (Fsp3) is 0.429. The summed E-state index contributed by atoms with van der Waals surface area (Å²) in [6.07, 6.45) is 1.79. The van der Waals surface area contributed by atoms with Gasteiger partial charge in [-0.15, -0.1) is 0 Å². The van der Waals surface area contributed by atoms with Crippen LogP contribution in [0.15, 0.2) is 6.20 Å². The zero-order valence-electron chi connectivity index (χ0n) is 6.35. The van der Waals surface area contributed by atoms with Crippen molar-refractivity contribution in [1.82, 2.24) is 4.98 Å². The summed E-state index contributed by atoms with van der Waals surface area (Å²) in [6, 6.07) is 0. The second-order valence-electron chi connectivity index (χ2n) is 2.37. The molecule has 0 radical (unpaired) electrons. The molecule has 0 unspecified atom stereocenters. The van der Waals surface area contributed by atoms with Gasteiger partial charge in [0, 0.05) is 6.92 Å². The molecule has 0 aliphatic heterocycles. The smallest absolute Gasteiger partial charge is 0.213 e. The van der Waals surface area contributed by atoms with Crippen LogP contribution >= 0.6 is 0 Å². The summed E-state index contributed by atoms with van der Waals surface area (Å²) in [5.41, 5.74) is 1.26. The number of hydrogen-bond acceptors (Lipinski definition) is 1. The van der Waals surface area contributed by atoms with E-state index in [4.69, 9.17) is 0 Å². The largest absolute Gasteiger partial charge is 0.280 e. The highest BCUT2D eigenvalue weighted by Gasteiger charge is 2.09. The molecule has 1 heterocycles. The van der Waals surface area contributed by atoms with Crippen LogP contribution in [0.2, 0.25) is 0 Å². The van der Waals surface area contributed by atoms with Crippen LogP contribution in [0, 0.1) is 19.8 Å². The second-order valence-corrected chi connectivity index (χ2v) is 2.37. The standard InChI is InChI=1S/C7H10FN2/c1-5-4-10(3)6(2)7(8)9-5/h4H,1-3H3/q+1. The third-order valence-corrected chi connectivity index (χ3v) is 1.48. The number of aromatic nitrogens is 2. The van der Waals surface area contributed by atoms with Crippen LogP contribution in [0.3, 0.4) is 0 Å². The van der Waals surface area contributed by atoms with Crippen LogP contribution in [0.4, 0.5) is 4.39 Å². The van der Waals surface area contributed by atoms with Crippen LogP contribution in [-0.2, 0) is 7.05 Å². The van der Waals surface area contributed by atoms with Crippen molar-refractivity contribution in [3.05, 3.63) is 23.5 Å². The Hall–Kier alpha value is -0.990.